The molecule has 0 saturated carbocycles. The Morgan fingerprint density at radius 2 is 1.97 bits per heavy atom. The number of benzene rings is 2. The maximum absolute atomic E-state index is 12.8. The SMILES string of the molecule is NC(=O)COc1ccccc1C=C1SC(=Nc2cccc(C(F)(F)F)c2)NC1=O. The van der Waals surface area contributed by atoms with E-state index in [2.05, 4.69) is 10.3 Å². The summed E-state index contributed by atoms with van der Waals surface area (Å²) < 4.78 is 43.8. The number of hydrogen-bond acceptors (Lipinski definition) is 5. The molecule has 10 heteroatoms. The molecule has 0 atom stereocenters. The number of ether oxygens (including phenoxy) is 1. The highest BCUT2D eigenvalue weighted by Crippen LogP contribution is 2.33. The molecule has 0 aromatic heterocycles. The van der Waals surface area contributed by atoms with E-state index in [9.17, 15) is 22.8 Å². The summed E-state index contributed by atoms with van der Waals surface area (Å²) in [5.74, 6) is -0.739. The lowest BCUT2D eigenvalue weighted by molar-refractivity contribution is -0.137. The molecule has 1 heterocycles. The lowest BCUT2D eigenvalue weighted by Crippen LogP contribution is -2.20. The highest BCUT2D eigenvalue weighted by Gasteiger charge is 2.30. The number of nitrogens with two attached hydrogens (primary N) is 1. The van der Waals surface area contributed by atoms with Crippen molar-refractivity contribution in [2.45, 2.75) is 6.18 Å². The standard InChI is InChI=1S/C19H14F3N3O3S/c20-19(21,22)12-5-3-6-13(9-12)24-18-25-17(27)15(29-18)8-11-4-1-2-7-14(11)28-10-16(23)26/h1-9H,10H2,(H2,23,26)(H,24,25,27). The number of hydrogen-bond donors (Lipinski definition) is 2. The van der Waals surface area contributed by atoms with Gasteiger partial charge < -0.3 is 15.8 Å². The van der Waals surface area contributed by atoms with Crippen molar-refractivity contribution in [1.29, 1.82) is 0 Å². The van der Waals surface area contributed by atoms with Gasteiger partial charge in [0.25, 0.3) is 11.8 Å². The summed E-state index contributed by atoms with van der Waals surface area (Å²) in [6.45, 7) is -0.318. The number of aliphatic imine (C=N–C) groups is 1. The minimum atomic E-state index is -4.48. The number of amides is 2. The molecule has 0 bridgehead atoms. The quantitative estimate of drug-likeness (QED) is 0.723. The highest BCUT2D eigenvalue weighted by molar-refractivity contribution is 8.18. The van der Waals surface area contributed by atoms with Crippen molar-refractivity contribution >= 4 is 40.5 Å². The van der Waals surface area contributed by atoms with Gasteiger partial charge in [-0.1, -0.05) is 24.3 Å². The van der Waals surface area contributed by atoms with Gasteiger partial charge in [0.2, 0.25) is 0 Å². The van der Waals surface area contributed by atoms with Crippen molar-refractivity contribution in [2.75, 3.05) is 6.61 Å². The molecule has 3 N–H and O–H groups in total. The molecule has 6 nitrogen and oxygen atoms in total. The zero-order valence-electron chi connectivity index (χ0n) is 14.7. The number of alkyl halides is 3. The van der Waals surface area contributed by atoms with Crippen LogP contribution >= 0.6 is 11.8 Å². The lowest BCUT2D eigenvalue weighted by atomic mass is 10.2. The number of para-hydroxylation sites is 1. The first-order chi connectivity index (χ1) is 13.7. The third kappa shape index (κ3) is 5.38. The van der Waals surface area contributed by atoms with Crippen molar-refractivity contribution < 1.29 is 27.5 Å². The van der Waals surface area contributed by atoms with Crippen molar-refractivity contribution in [3.63, 3.8) is 0 Å². The molecular formula is C19H14F3N3O3S. The van der Waals surface area contributed by atoms with Crippen LogP contribution in [0, 0.1) is 0 Å². The van der Waals surface area contributed by atoms with Crippen LogP contribution in [0.5, 0.6) is 5.75 Å². The Kier molecular flexibility index (Phi) is 5.92. The molecule has 150 valence electrons. The maximum Gasteiger partial charge on any atom is 0.416 e. The van der Waals surface area contributed by atoms with E-state index in [4.69, 9.17) is 10.5 Å². The molecule has 1 aliphatic heterocycles. The Labute approximate surface area is 167 Å². The number of carbonyl (C=O) groups is 2. The molecule has 1 saturated heterocycles. The fraction of sp³-hybridized carbons (Fsp3) is 0.105. The van der Waals surface area contributed by atoms with Crippen LogP contribution in [-0.4, -0.2) is 23.6 Å². The molecule has 2 aromatic carbocycles. The Hall–Kier alpha value is -3.27. The summed E-state index contributed by atoms with van der Waals surface area (Å²) in [6.07, 6.45) is -2.95. The second kappa shape index (κ2) is 8.39. The zero-order valence-corrected chi connectivity index (χ0v) is 15.5. The molecule has 1 fully saturated rings. The third-order valence-electron chi connectivity index (χ3n) is 3.63. The van der Waals surface area contributed by atoms with Crippen LogP contribution in [0.3, 0.4) is 0 Å². The van der Waals surface area contributed by atoms with E-state index in [-0.39, 0.29) is 22.4 Å². The second-order valence-electron chi connectivity index (χ2n) is 5.82. The summed E-state index contributed by atoms with van der Waals surface area (Å²) in [5.41, 5.74) is 4.84. The molecular weight excluding hydrogens is 407 g/mol. The van der Waals surface area contributed by atoms with Crippen LogP contribution in [0.2, 0.25) is 0 Å². The van der Waals surface area contributed by atoms with E-state index < -0.39 is 23.6 Å². The zero-order chi connectivity index (χ0) is 21.0. The van der Waals surface area contributed by atoms with E-state index in [0.29, 0.717) is 11.3 Å². The van der Waals surface area contributed by atoms with Gasteiger partial charge in [-0.25, -0.2) is 4.99 Å². The second-order valence-corrected chi connectivity index (χ2v) is 6.85. The van der Waals surface area contributed by atoms with Gasteiger partial charge in [0, 0.05) is 5.56 Å². The van der Waals surface area contributed by atoms with Crippen LogP contribution < -0.4 is 15.8 Å². The monoisotopic (exact) mass is 421 g/mol. The first kappa shape index (κ1) is 20.5. The number of primary amides is 1. The van der Waals surface area contributed by atoms with Crippen LogP contribution in [0.15, 0.2) is 58.4 Å². The van der Waals surface area contributed by atoms with E-state index in [1.165, 1.54) is 18.2 Å². The molecule has 0 radical (unpaired) electrons. The fourth-order valence-corrected chi connectivity index (χ4v) is 3.20. The number of thioether (sulfide) groups is 1. The molecule has 29 heavy (non-hydrogen) atoms. The van der Waals surface area contributed by atoms with Crippen molar-refractivity contribution in [1.82, 2.24) is 5.32 Å². The smallest absolute Gasteiger partial charge is 0.416 e. The largest absolute Gasteiger partial charge is 0.483 e. The van der Waals surface area contributed by atoms with E-state index in [1.54, 1.807) is 24.3 Å². The Bertz CT molecular complexity index is 1020. The van der Waals surface area contributed by atoms with Crippen LogP contribution in [0.4, 0.5) is 18.9 Å². The van der Waals surface area contributed by atoms with E-state index in [0.717, 1.165) is 23.9 Å². The lowest BCUT2D eigenvalue weighted by Gasteiger charge is -2.07. The van der Waals surface area contributed by atoms with Crippen molar-refractivity contribution in [3.05, 3.63) is 64.6 Å². The minimum absolute atomic E-state index is 0.0640. The fourth-order valence-electron chi connectivity index (χ4n) is 2.37. The minimum Gasteiger partial charge on any atom is -0.483 e. The first-order valence-corrected chi connectivity index (χ1v) is 9.01. The summed E-state index contributed by atoms with van der Waals surface area (Å²) in [6, 6.07) is 11.2. The predicted octanol–water partition coefficient (Wildman–Crippen LogP) is 3.46. The van der Waals surface area contributed by atoms with Crippen molar-refractivity contribution in [3.8, 4) is 5.75 Å². The number of rotatable bonds is 5. The molecule has 1 aliphatic rings. The number of amidine groups is 1. The van der Waals surface area contributed by atoms with Crippen molar-refractivity contribution in [2.24, 2.45) is 10.7 Å². The molecule has 2 aromatic rings. The van der Waals surface area contributed by atoms with Gasteiger partial charge >= 0.3 is 6.18 Å². The van der Waals surface area contributed by atoms with Crippen LogP contribution in [-0.2, 0) is 15.8 Å². The Balaban J connectivity index is 1.83. The normalized spacial score (nSPS) is 16.9. The number of nitrogens with one attached hydrogen (secondary N) is 1. The van der Waals surface area contributed by atoms with Gasteiger partial charge in [-0.2, -0.15) is 13.2 Å². The van der Waals surface area contributed by atoms with Crippen LogP contribution in [0.25, 0.3) is 6.08 Å². The number of halogens is 3. The first-order valence-electron chi connectivity index (χ1n) is 8.19. The Morgan fingerprint density at radius 1 is 1.21 bits per heavy atom. The van der Waals surface area contributed by atoms with Gasteiger partial charge in [-0.3, -0.25) is 9.59 Å². The maximum atomic E-state index is 12.8. The molecule has 2 amide bonds. The average Bonchev–Trinajstić information content (AvgIpc) is 2.99. The van der Waals surface area contributed by atoms with E-state index in [1.807, 2.05) is 0 Å². The van der Waals surface area contributed by atoms with Gasteiger partial charge in [0.05, 0.1) is 16.2 Å². The van der Waals surface area contributed by atoms with Gasteiger partial charge in [0.1, 0.15) is 5.75 Å². The number of nitrogens with zero attached hydrogens (tertiary/aromatic N) is 1. The molecule has 0 aliphatic carbocycles. The topological polar surface area (TPSA) is 93.8 Å². The summed E-state index contributed by atoms with van der Waals surface area (Å²) >= 11 is 0.977. The van der Waals surface area contributed by atoms with E-state index >= 15 is 0 Å². The molecule has 0 unspecified atom stereocenters. The average molecular weight is 421 g/mol. The highest BCUT2D eigenvalue weighted by atomic mass is 32.2. The van der Waals surface area contributed by atoms with Gasteiger partial charge in [-0.15, -0.1) is 0 Å². The summed E-state index contributed by atoms with van der Waals surface area (Å²) in [4.78, 5) is 27.5. The predicted molar refractivity (Wildman–Crippen MR) is 103 cm³/mol. The third-order valence-corrected chi connectivity index (χ3v) is 4.54. The molecule has 0 spiro atoms. The summed E-state index contributed by atoms with van der Waals surface area (Å²) in [5, 5.41) is 2.66. The Morgan fingerprint density at radius 3 is 2.69 bits per heavy atom. The number of carbonyl (C=O) groups excluding carboxylic acids is 2. The van der Waals surface area contributed by atoms with Crippen LogP contribution in [0.1, 0.15) is 11.1 Å². The van der Waals surface area contributed by atoms with Gasteiger partial charge in [-0.05, 0) is 42.1 Å². The van der Waals surface area contributed by atoms with Gasteiger partial charge in [0.15, 0.2) is 11.8 Å². The molecule has 3 rings (SSSR count). The summed E-state index contributed by atoms with van der Waals surface area (Å²) in [7, 11) is 0.